The number of amides is 3. The summed E-state index contributed by atoms with van der Waals surface area (Å²) in [4.78, 5) is 50.6. The molecule has 0 saturated carbocycles. The summed E-state index contributed by atoms with van der Waals surface area (Å²) < 4.78 is 0. The van der Waals surface area contributed by atoms with Crippen molar-refractivity contribution in [2.45, 2.75) is 91.4 Å². The topological polar surface area (TPSA) is 74.8 Å². The maximum atomic E-state index is 12.4. The maximum absolute atomic E-state index is 12.4. The Bertz CT molecular complexity index is 659. The van der Waals surface area contributed by atoms with E-state index < -0.39 is 0 Å². The van der Waals surface area contributed by atoms with Crippen LogP contribution in [0.25, 0.3) is 0 Å². The van der Waals surface area contributed by atoms with Gasteiger partial charge in [0.2, 0.25) is 5.91 Å². The van der Waals surface area contributed by atoms with E-state index in [9.17, 15) is 19.2 Å². The van der Waals surface area contributed by atoms with Crippen molar-refractivity contribution in [2.24, 2.45) is 11.3 Å². The van der Waals surface area contributed by atoms with Gasteiger partial charge in [0.25, 0.3) is 11.8 Å². The molecule has 3 amide bonds. The predicted octanol–water partition coefficient (Wildman–Crippen LogP) is 4.28. The van der Waals surface area contributed by atoms with Crippen LogP contribution in [-0.4, -0.2) is 52.9 Å². The van der Waals surface area contributed by atoms with Crippen LogP contribution in [0.5, 0.6) is 0 Å². The second-order valence-corrected chi connectivity index (χ2v) is 10.1. The summed E-state index contributed by atoms with van der Waals surface area (Å²) in [6, 6.07) is 0. The van der Waals surface area contributed by atoms with E-state index >= 15 is 0 Å². The van der Waals surface area contributed by atoms with Gasteiger partial charge in [-0.1, -0.05) is 40.0 Å². The third kappa shape index (κ3) is 8.58. The van der Waals surface area contributed by atoms with Gasteiger partial charge in [-0.15, -0.1) is 0 Å². The molecule has 2 aliphatic rings. The van der Waals surface area contributed by atoms with E-state index in [1.165, 1.54) is 17.1 Å². The van der Waals surface area contributed by atoms with E-state index in [1.54, 1.807) is 0 Å². The second kappa shape index (κ2) is 12.2. The number of rotatable bonds is 13. The molecule has 31 heavy (non-hydrogen) atoms. The van der Waals surface area contributed by atoms with Gasteiger partial charge in [-0.2, -0.15) is 0 Å². The highest BCUT2D eigenvalue weighted by Crippen LogP contribution is 2.33. The van der Waals surface area contributed by atoms with Crippen molar-refractivity contribution < 1.29 is 19.2 Å². The number of ketones is 1. The number of unbranched alkanes of at least 4 members (excludes halogenated alkanes) is 5. The normalized spacial score (nSPS) is 19.0. The Labute approximate surface area is 187 Å². The predicted molar refractivity (Wildman–Crippen MR) is 121 cm³/mol. The first-order valence-electron chi connectivity index (χ1n) is 12.0. The van der Waals surface area contributed by atoms with Gasteiger partial charge in [-0.25, -0.2) is 0 Å². The van der Waals surface area contributed by atoms with Crippen LogP contribution in [-0.2, 0) is 19.2 Å². The lowest BCUT2D eigenvalue weighted by Crippen LogP contribution is -2.30. The Kier molecular flexibility index (Phi) is 9.92. The van der Waals surface area contributed by atoms with Crippen LogP contribution in [0.4, 0.5) is 0 Å². The summed E-state index contributed by atoms with van der Waals surface area (Å²) in [7, 11) is 0. The molecule has 1 atom stereocenters. The summed E-state index contributed by atoms with van der Waals surface area (Å²) in [5.41, 5.74) is 0.269. The van der Waals surface area contributed by atoms with E-state index in [4.69, 9.17) is 0 Å². The third-order valence-corrected chi connectivity index (χ3v) is 6.60. The molecule has 2 aliphatic heterocycles. The fraction of sp³-hybridized carbons (Fsp3) is 0.760. The van der Waals surface area contributed by atoms with Crippen LogP contribution in [0.3, 0.4) is 0 Å². The number of carbonyl (C=O) groups excluding carboxylic acids is 4. The van der Waals surface area contributed by atoms with Crippen molar-refractivity contribution in [3.05, 3.63) is 12.2 Å². The van der Waals surface area contributed by atoms with Gasteiger partial charge >= 0.3 is 0 Å². The maximum Gasteiger partial charge on any atom is 0.253 e. The fourth-order valence-electron chi connectivity index (χ4n) is 4.35. The lowest BCUT2D eigenvalue weighted by atomic mass is 9.80. The summed E-state index contributed by atoms with van der Waals surface area (Å²) in [6.07, 6.45) is 11.7. The Morgan fingerprint density at radius 3 is 1.97 bits per heavy atom. The molecule has 1 saturated heterocycles. The van der Waals surface area contributed by atoms with Gasteiger partial charge in [0.1, 0.15) is 5.78 Å². The number of hydrogen-bond acceptors (Lipinski definition) is 4. The van der Waals surface area contributed by atoms with Gasteiger partial charge in [-0.05, 0) is 43.4 Å². The molecular formula is C25H40N2O4. The van der Waals surface area contributed by atoms with Crippen molar-refractivity contribution in [3.63, 3.8) is 0 Å². The lowest BCUT2D eigenvalue weighted by molar-refractivity contribution is -0.137. The molecule has 2 heterocycles. The minimum Gasteiger partial charge on any atom is -0.342 e. The van der Waals surface area contributed by atoms with Gasteiger partial charge in [-0.3, -0.25) is 24.1 Å². The van der Waals surface area contributed by atoms with Gasteiger partial charge in [0.05, 0.1) is 0 Å². The number of Topliss-reactive ketones (excluding diaryl/α,β-unsaturated/α-hetero) is 1. The molecule has 0 spiro atoms. The molecule has 0 aromatic rings. The number of carbonyl (C=O) groups is 4. The van der Waals surface area contributed by atoms with Crippen LogP contribution in [0.1, 0.15) is 91.4 Å². The van der Waals surface area contributed by atoms with E-state index in [0.717, 1.165) is 64.5 Å². The molecular weight excluding hydrogens is 392 g/mol. The molecule has 1 unspecified atom stereocenters. The standard InChI is InChI=1S/C25H40N2O4/c1-25(2,3)20-16-18-26(19-20)22(29)13-9-5-4-7-11-21(28)12-8-6-10-17-27-23(30)14-15-24(27)31/h14-15,20H,4-13,16-19H2,1-3H3. The number of nitrogens with zero attached hydrogens (tertiary/aromatic N) is 2. The molecule has 6 nitrogen and oxygen atoms in total. The molecule has 0 bridgehead atoms. The Hall–Kier alpha value is -1.98. The molecule has 0 aromatic heterocycles. The zero-order chi connectivity index (χ0) is 22.9. The summed E-state index contributed by atoms with van der Waals surface area (Å²) in [5, 5.41) is 0. The first-order chi connectivity index (χ1) is 14.7. The third-order valence-electron chi connectivity index (χ3n) is 6.60. The minimum absolute atomic E-state index is 0.239. The molecule has 0 aromatic carbocycles. The largest absolute Gasteiger partial charge is 0.342 e. The molecule has 1 fully saturated rings. The van der Waals surface area contributed by atoms with Crippen LogP contribution in [0, 0.1) is 11.3 Å². The second-order valence-electron chi connectivity index (χ2n) is 10.1. The van der Waals surface area contributed by atoms with Crippen LogP contribution in [0.2, 0.25) is 0 Å². The Morgan fingerprint density at radius 2 is 1.42 bits per heavy atom. The van der Waals surface area contributed by atoms with Crippen molar-refractivity contribution >= 4 is 23.5 Å². The Morgan fingerprint density at radius 1 is 0.871 bits per heavy atom. The van der Waals surface area contributed by atoms with Crippen molar-refractivity contribution in [1.29, 1.82) is 0 Å². The zero-order valence-electron chi connectivity index (χ0n) is 19.7. The number of hydrogen-bond donors (Lipinski definition) is 0. The Balaban J connectivity index is 1.42. The highest BCUT2D eigenvalue weighted by molar-refractivity contribution is 6.12. The monoisotopic (exact) mass is 432 g/mol. The smallest absolute Gasteiger partial charge is 0.253 e. The van der Waals surface area contributed by atoms with Gasteiger partial charge in [0, 0.05) is 51.0 Å². The van der Waals surface area contributed by atoms with Crippen molar-refractivity contribution in [1.82, 2.24) is 9.80 Å². The average Bonchev–Trinajstić information content (AvgIpc) is 3.32. The summed E-state index contributed by atoms with van der Waals surface area (Å²) in [5.74, 6) is 0.701. The molecule has 0 radical (unpaired) electrons. The van der Waals surface area contributed by atoms with E-state index in [2.05, 4.69) is 20.8 Å². The highest BCUT2D eigenvalue weighted by Gasteiger charge is 2.33. The lowest BCUT2D eigenvalue weighted by Gasteiger charge is -2.27. The number of likely N-dealkylation sites (tertiary alicyclic amines) is 1. The first kappa shape index (κ1) is 25.3. The van der Waals surface area contributed by atoms with Crippen LogP contribution < -0.4 is 0 Å². The molecule has 0 N–H and O–H groups in total. The quantitative estimate of drug-likeness (QED) is 0.322. The summed E-state index contributed by atoms with van der Waals surface area (Å²) >= 11 is 0. The average molecular weight is 433 g/mol. The van der Waals surface area contributed by atoms with E-state index in [-0.39, 0.29) is 28.9 Å². The molecule has 174 valence electrons. The SMILES string of the molecule is CC(C)(C)C1CCN(C(=O)CCCCCCC(=O)CCCCCN2C(=O)C=CC2=O)C1. The van der Waals surface area contributed by atoms with Crippen molar-refractivity contribution in [3.8, 4) is 0 Å². The highest BCUT2D eigenvalue weighted by atomic mass is 16.2. The van der Waals surface area contributed by atoms with Crippen LogP contribution >= 0.6 is 0 Å². The molecule has 0 aliphatic carbocycles. The van der Waals surface area contributed by atoms with Gasteiger partial charge < -0.3 is 4.90 Å². The van der Waals surface area contributed by atoms with Crippen molar-refractivity contribution in [2.75, 3.05) is 19.6 Å². The van der Waals surface area contributed by atoms with Crippen LogP contribution in [0.15, 0.2) is 12.2 Å². The number of imide groups is 1. The first-order valence-corrected chi connectivity index (χ1v) is 12.0. The zero-order valence-corrected chi connectivity index (χ0v) is 19.7. The van der Waals surface area contributed by atoms with E-state index in [1.807, 2.05) is 4.90 Å². The minimum atomic E-state index is -0.239. The fourth-order valence-corrected chi connectivity index (χ4v) is 4.35. The van der Waals surface area contributed by atoms with Gasteiger partial charge in [0.15, 0.2) is 0 Å². The molecule has 6 heteroatoms. The van der Waals surface area contributed by atoms with E-state index in [0.29, 0.717) is 31.7 Å². The molecule has 2 rings (SSSR count). The summed E-state index contributed by atoms with van der Waals surface area (Å²) in [6.45, 7) is 9.00.